The van der Waals surface area contributed by atoms with E-state index in [0.717, 1.165) is 10.8 Å². The van der Waals surface area contributed by atoms with E-state index in [1.807, 2.05) is 24.3 Å². The van der Waals surface area contributed by atoms with Gasteiger partial charge in [0.25, 0.3) is 0 Å². The Morgan fingerprint density at radius 1 is 0.885 bits per heavy atom. The van der Waals surface area contributed by atoms with Crippen molar-refractivity contribution in [2.24, 2.45) is 0 Å². The van der Waals surface area contributed by atoms with Crippen LogP contribution in [0.2, 0.25) is 0 Å². The normalized spacial score (nSPS) is 12.0. The molecule has 0 unspecified atom stereocenters. The standard InChI is InChI=1S/C20H14O6/c1-23-19(21)15-9-12-5-2-3-6-13(12)10-17(15)26-20(22)14-7-4-8-16-18(14)25-11-24-16/h2-10H,11H2,1H3. The van der Waals surface area contributed by atoms with Crippen LogP contribution in [0.4, 0.5) is 0 Å². The average Bonchev–Trinajstić information content (AvgIpc) is 3.15. The van der Waals surface area contributed by atoms with Crippen LogP contribution < -0.4 is 14.2 Å². The Balaban J connectivity index is 1.75. The van der Waals surface area contributed by atoms with Gasteiger partial charge in [0.05, 0.1) is 7.11 Å². The van der Waals surface area contributed by atoms with Gasteiger partial charge in [-0.2, -0.15) is 0 Å². The summed E-state index contributed by atoms with van der Waals surface area (Å²) in [5.74, 6) is -0.301. The Morgan fingerprint density at radius 3 is 2.42 bits per heavy atom. The maximum absolute atomic E-state index is 12.7. The minimum absolute atomic E-state index is 0.0447. The number of rotatable bonds is 3. The first-order valence-electron chi connectivity index (χ1n) is 7.89. The van der Waals surface area contributed by atoms with Crippen molar-refractivity contribution in [3.05, 3.63) is 65.7 Å². The largest absolute Gasteiger partial charge is 0.465 e. The van der Waals surface area contributed by atoms with E-state index in [1.165, 1.54) is 7.11 Å². The number of benzene rings is 3. The van der Waals surface area contributed by atoms with Crippen LogP contribution in [-0.2, 0) is 4.74 Å². The van der Waals surface area contributed by atoms with Crippen molar-refractivity contribution in [1.29, 1.82) is 0 Å². The van der Waals surface area contributed by atoms with Gasteiger partial charge in [0.15, 0.2) is 11.5 Å². The van der Waals surface area contributed by atoms with E-state index in [1.54, 1.807) is 30.3 Å². The summed E-state index contributed by atoms with van der Waals surface area (Å²) in [5, 5.41) is 1.67. The molecule has 0 radical (unpaired) electrons. The number of carbonyl (C=O) groups is 2. The van der Waals surface area contributed by atoms with Crippen LogP contribution in [0.3, 0.4) is 0 Å². The van der Waals surface area contributed by atoms with E-state index in [0.29, 0.717) is 11.5 Å². The molecule has 1 aliphatic heterocycles. The number of methoxy groups -OCH3 is 1. The van der Waals surface area contributed by atoms with Crippen molar-refractivity contribution in [2.75, 3.05) is 13.9 Å². The minimum atomic E-state index is -0.646. The number of para-hydroxylation sites is 1. The molecule has 0 atom stereocenters. The van der Waals surface area contributed by atoms with Crippen LogP contribution in [0.15, 0.2) is 54.6 Å². The molecule has 3 aromatic rings. The van der Waals surface area contributed by atoms with E-state index in [-0.39, 0.29) is 23.7 Å². The van der Waals surface area contributed by atoms with E-state index in [9.17, 15) is 9.59 Å². The summed E-state index contributed by atoms with van der Waals surface area (Å²) in [4.78, 5) is 24.8. The molecule has 6 heteroatoms. The van der Waals surface area contributed by atoms with Gasteiger partial charge >= 0.3 is 11.9 Å². The molecule has 0 aromatic heterocycles. The minimum Gasteiger partial charge on any atom is -0.465 e. The lowest BCUT2D eigenvalue weighted by Crippen LogP contribution is -2.13. The first kappa shape index (κ1) is 16.0. The smallest absolute Gasteiger partial charge is 0.347 e. The highest BCUT2D eigenvalue weighted by Crippen LogP contribution is 2.36. The Labute approximate surface area is 148 Å². The summed E-state index contributed by atoms with van der Waals surface area (Å²) in [5.41, 5.74) is 0.397. The van der Waals surface area contributed by atoms with Gasteiger partial charge in [-0.3, -0.25) is 0 Å². The maximum atomic E-state index is 12.7. The predicted octanol–water partition coefficient (Wildman–Crippen LogP) is 3.57. The number of carbonyl (C=O) groups excluding carboxylic acids is 2. The van der Waals surface area contributed by atoms with Crippen molar-refractivity contribution >= 4 is 22.7 Å². The Bertz CT molecular complexity index is 1020. The molecule has 0 bridgehead atoms. The highest BCUT2D eigenvalue weighted by atomic mass is 16.7. The lowest BCUT2D eigenvalue weighted by Gasteiger charge is -2.11. The van der Waals surface area contributed by atoms with Crippen LogP contribution in [0.5, 0.6) is 17.2 Å². The molecule has 6 nitrogen and oxygen atoms in total. The second kappa shape index (κ2) is 6.40. The maximum Gasteiger partial charge on any atom is 0.347 e. The van der Waals surface area contributed by atoms with Gasteiger partial charge in [-0.15, -0.1) is 0 Å². The van der Waals surface area contributed by atoms with Crippen molar-refractivity contribution < 1.29 is 28.5 Å². The molecule has 130 valence electrons. The predicted molar refractivity (Wildman–Crippen MR) is 92.8 cm³/mol. The third kappa shape index (κ3) is 2.71. The zero-order chi connectivity index (χ0) is 18.1. The summed E-state index contributed by atoms with van der Waals surface area (Å²) < 4.78 is 20.9. The van der Waals surface area contributed by atoms with Crippen LogP contribution in [0.1, 0.15) is 20.7 Å². The van der Waals surface area contributed by atoms with Crippen LogP contribution in [0, 0.1) is 0 Å². The zero-order valence-corrected chi connectivity index (χ0v) is 13.9. The first-order valence-corrected chi connectivity index (χ1v) is 7.89. The van der Waals surface area contributed by atoms with E-state index in [4.69, 9.17) is 18.9 Å². The SMILES string of the molecule is COC(=O)c1cc2ccccc2cc1OC(=O)c1cccc2c1OCO2. The zero-order valence-electron chi connectivity index (χ0n) is 13.9. The van der Waals surface area contributed by atoms with Gasteiger partial charge in [-0.1, -0.05) is 30.3 Å². The van der Waals surface area contributed by atoms with Gasteiger partial charge < -0.3 is 18.9 Å². The molecule has 1 aliphatic rings. The Kier molecular flexibility index (Phi) is 3.93. The fraction of sp³-hybridized carbons (Fsp3) is 0.100. The number of hydrogen-bond acceptors (Lipinski definition) is 6. The molecule has 1 heterocycles. The number of hydrogen-bond donors (Lipinski definition) is 0. The summed E-state index contributed by atoms with van der Waals surface area (Å²) in [7, 11) is 1.28. The van der Waals surface area contributed by atoms with E-state index >= 15 is 0 Å². The topological polar surface area (TPSA) is 71.1 Å². The Hall–Kier alpha value is -3.54. The molecule has 0 fully saturated rings. The van der Waals surface area contributed by atoms with Gasteiger partial charge in [0.2, 0.25) is 6.79 Å². The van der Waals surface area contributed by atoms with Crippen molar-refractivity contribution in [2.45, 2.75) is 0 Å². The quantitative estimate of drug-likeness (QED) is 0.531. The van der Waals surface area contributed by atoms with Gasteiger partial charge in [-0.25, -0.2) is 9.59 Å². The average molecular weight is 350 g/mol. The monoisotopic (exact) mass is 350 g/mol. The highest BCUT2D eigenvalue weighted by molar-refractivity contribution is 6.01. The third-order valence-electron chi connectivity index (χ3n) is 4.07. The molecule has 0 saturated heterocycles. The molecule has 4 rings (SSSR count). The van der Waals surface area contributed by atoms with Crippen LogP contribution in [-0.4, -0.2) is 25.8 Å². The third-order valence-corrected chi connectivity index (χ3v) is 4.07. The molecule has 0 amide bonds. The van der Waals surface area contributed by atoms with Crippen LogP contribution >= 0.6 is 0 Å². The summed E-state index contributed by atoms with van der Waals surface area (Å²) in [6.45, 7) is 0.0447. The summed E-state index contributed by atoms with van der Waals surface area (Å²) >= 11 is 0. The number of fused-ring (bicyclic) bond motifs is 2. The van der Waals surface area contributed by atoms with Crippen molar-refractivity contribution in [1.82, 2.24) is 0 Å². The van der Waals surface area contributed by atoms with Crippen LogP contribution in [0.25, 0.3) is 10.8 Å². The van der Waals surface area contributed by atoms with Gasteiger partial charge in [-0.05, 0) is 35.0 Å². The summed E-state index contributed by atoms with van der Waals surface area (Å²) in [6, 6.07) is 15.7. The molecule has 0 spiro atoms. The lowest BCUT2D eigenvalue weighted by atomic mass is 10.1. The van der Waals surface area contributed by atoms with E-state index < -0.39 is 11.9 Å². The van der Waals surface area contributed by atoms with E-state index in [2.05, 4.69) is 0 Å². The molecule has 26 heavy (non-hydrogen) atoms. The van der Waals surface area contributed by atoms with Gasteiger partial charge in [0, 0.05) is 0 Å². The molecular formula is C20H14O6. The molecular weight excluding hydrogens is 336 g/mol. The fourth-order valence-corrected chi connectivity index (χ4v) is 2.82. The highest BCUT2D eigenvalue weighted by Gasteiger charge is 2.25. The summed E-state index contributed by atoms with van der Waals surface area (Å²) in [6.07, 6.45) is 0. The number of esters is 2. The second-order valence-electron chi connectivity index (χ2n) is 5.62. The Morgan fingerprint density at radius 2 is 1.65 bits per heavy atom. The fourth-order valence-electron chi connectivity index (χ4n) is 2.82. The van der Waals surface area contributed by atoms with Crippen molar-refractivity contribution in [3.63, 3.8) is 0 Å². The molecule has 0 N–H and O–H groups in total. The van der Waals surface area contributed by atoms with Crippen molar-refractivity contribution in [3.8, 4) is 17.2 Å². The van der Waals surface area contributed by atoms with Gasteiger partial charge in [0.1, 0.15) is 16.9 Å². The second-order valence-corrected chi connectivity index (χ2v) is 5.62. The molecule has 0 aliphatic carbocycles. The first-order chi connectivity index (χ1) is 12.7. The molecule has 0 saturated carbocycles. The molecule has 3 aromatic carbocycles. The number of ether oxygens (including phenoxy) is 4. The lowest BCUT2D eigenvalue weighted by molar-refractivity contribution is 0.0593.